The van der Waals surface area contributed by atoms with Crippen LogP contribution >= 0.6 is 11.3 Å². The quantitative estimate of drug-likeness (QED) is 0.729. The maximum absolute atomic E-state index is 13.2. The Hall–Kier alpha value is -2.58. The van der Waals surface area contributed by atoms with Crippen LogP contribution in [0.15, 0.2) is 35.4 Å². The van der Waals surface area contributed by atoms with Gasteiger partial charge >= 0.3 is 0 Å². The molecule has 0 aliphatic carbocycles. The van der Waals surface area contributed by atoms with Crippen LogP contribution in [0.1, 0.15) is 26.8 Å². The first kappa shape index (κ1) is 19.2. The lowest BCUT2D eigenvalue weighted by Gasteiger charge is -2.25. The van der Waals surface area contributed by atoms with Crippen LogP contribution in [0.5, 0.6) is 0 Å². The first-order valence-corrected chi connectivity index (χ1v) is 9.26. The van der Waals surface area contributed by atoms with Crippen LogP contribution in [0.4, 0.5) is 4.39 Å². The van der Waals surface area contributed by atoms with Gasteiger partial charge in [-0.3, -0.25) is 9.59 Å². The molecule has 0 fully saturated rings. The summed E-state index contributed by atoms with van der Waals surface area (Å²) in [4.78, 5) is 32.3. The van der Waals surface area contributed by atoms with Crippen molar-refractivity contribution < 1.29 is 9.18 Å². The van der Waals surface area contributed by atoms with Crippen molar-refractivity contribution >= 4 is 27.5 Å². The summed E-state index contributed by atoms with van der Waals surface area (Å²) in [6.07, 6.45) is 1.46. The van der Waals surface area contributed by atoms with Crippen LogP contribution in [0.3, 0.4) is 0 Å². The summed E-state index contributed by atoms with van der Waals surface area (Å²) in [5, 5.41) is 3.41. The van der Waals surface area contributed by atoms with Gasteiger partial charge in [-0.05, 0) is 44.3 Å². The normalized spacial score (nSPS) is 12.5. The number of aromatic nitrogens is 2. The molecule has 0 aliphatic heterocycles. The lowest BCUT2D eigenvalue weighted by molar-refractivity contribution is 0.0945. The van der Waals surface area contributed by atoms with Crippen LogP contribution in [0, 0.1) is 12.7 Å². The third-order valence-electron chi connectivity index (χ3n) is 4.55. The van der Waals surface area contributed by atoms with E-state index in [1.807, 2.05) is 19.0 Å². The first-order chi connectivity index (χ1) is 12.8. The average Bonchev–Trinajstić information content (AvgIpc) is 2.97. The molecule has 0 radical (unpaired) electrons. The zero-order valence-corrected chi connectivity index (χ0v) is 16.4. The molecule has 6 nitrogen and oxygen atoms in total. The molecule has 0 spiro atoms. The first-order valence-electron chi connectivity index (χ1n) is 8.44. The van der Waals surface area contributed by atoms with Crippen molar-refractivity contribution in [2.24, 2.45) is 7.05 Å². The van der Waals surface area contributed by atoms with Gasteiger partial charge in [0, 0.05) is 13.6 Å². The third kappa shape index (κ3) is 3.77. The van der Waals surface area contributed by atoms with E-state index in [2.05, 4.69) is 10.3 Å². The number of amides is 1. The molecule has 2 aromatic heterocycles. The Morgan fingerprint density at radius 3 is 2.63 bits per heavy atom. The number of nitrogens with zero attached hydrogens (tertiary/aromatic N) is 3. The van der Waals surface area contributed by atoms with Crippen LogP contribution in [-0.4, -0.2) is 41.0 Å². The summed E-state index contributed by atoms with van der Waals surface area (Å²) in [7, 11) is 5.44. The molecule has 8 heteroatoms. The van der Waals surface area contributed by atoms with Gasteiger partial charge in [0.25, 0.3) is 11.5 Å². The Morgan fingerprint density at radius 1 is 1.33 bits per heavy atom. The Labute approximate surface area is 160 Å². The largest absolute Gasteiger partial charge is 0.349 e. The van der Waals surface area contributed by atoms with E-state index in [0.717, 1.165) is 5.56 Å². The fraction of sp³-hybridized carbons (Fsp3) is 0.316. The molecule has 0 aliphatic rings. The minimum absolute atomic E-state index is 0.102. The second-order valence-electron chi connectivity index (χ2n) is 6.64. The van der Waals surface area contributed by atoms with Crippen molar-refractivity contribution in [1.29, 1.82) is 0 Å². The predicted octanol–water partition coefficient (Wildman–Crippen LogP) is 2.48. The number of hydrogen-bond donors (Lipinski definition) is 1. The van der Waals surface area contributed by atoms with Gasteiger partial charge in [-0.2, -0.15) is 0 Å². The molecule has 0 saturated heterocycles. The molecule has 1 amide bonds. The fourth-order valence-electron chi connectivity index (χ4n) is 2.98. The number of carbonyl (C=O) groups is 1. The lowest BCUT2D eigenvalue weighted by Crippen LogP contribution is -2.34. The van der Waals surface area contributed by atoms with Gasteiger partial charge in [0.15, 0.2) is 0 Å². The topological polar surface area (TPSA) is 67.2 Å². The molecule has 27 heavy (non-hydrogen) atoms. The Morgan fingerprint density at radius 2 is 2.00 bits per heavy atom. The van der Waals surface area contributed by atoms with Crippen molar-refractivity contribution in [3.63, 3.8) is 0 Å². The van der Waals surface area contributed by atoms with E-state index in [9.17, 15) is 14.0 Å². The maximum atomic E-state index is 13.2. The van der Waals surface area contributed by atoms with E-state index in [0.29, 0.717) is 27.2 Å². The Bertz CT molecular complexity index is 1040. The molecule has 0 bridgehead atoms. The second-order valence-corrected chi connectivity index (χ2v) is 7.64. The van der Waals surface area contributed by atoms with Crippen LogP contribution < -0.4 is 10.9 Å². The lowest BCUT2D eigenvalue weighted by atomic mass is 10.1. The standard InChI is InChI=1S/C19H21FN4O2S/c1-11-15-18(22-10-24(4)19(15)26)27-16(11)17(25)21-9-14(23(2)3)12-5-7-13(20)8-6-12/h5-8,10,14H,9H2,1-4H3,(H,21,25). The van der Waals surface area contributed by atoms with E-state index in [1.54, 1.807) is 26.1 Å². The highest BCUT2D eigenvalue weighted by Crippen LogP contribution is 2.27. The number of nitrogens with one attached hydrogen (secondary N) is 1. The monoisotopic (exact) mass is 388 g/mol. The molecular weight excluding hydrogens is 367 g/mol. The smallest absolute Gasteiger partial charge is 0.262 e. The number of rotatable bonds is 5. The van der Waals surface area contributed by atoms with Crippen molar-refractivity contribution in [3.05, 3.63) is 62.8 Å². The summed E-state index contributed by atoms with van der Waals surface area (Å²) in [5.74, 6) is -0.540. The molecule has 3 aromatic rings. The molecule has 1 N–H and O–H groups in total. The van der Waals surface area contributed by atoms with Gasteiger partial charge in [0.1, 0.15) is 10.6 Å². The number of thiophene rings is 1. The summed E-state index contributed by atoms with van der Waals surface area (Å²) in [6, 6.07) is 6.14. The zero-order valence-electron chi connectivity index (χ0n) is 15.6. The van der Waals surface area contributed by atoms with Gasteiger partial charge in [0.2, 0.25) is 0 Å². The highest BCUT2D eigenvalue weighted by molar-refractivity contribution is 7.20. The molecule has 1 atom stereocenters. The number of hydrogen-bond acceptors (Lipinski definition) is 5. The highest BCUT2D eigenvalue weighted by atomic mass is 32.1. The number of halogens is 1. The van der Waals surface area contributed by atoms with E-state index in [1.165, 1.54) is 34.4 Å². The minimum Gasteiger partial charge on any atom is -0.349 e. The summed E-state index contributed by atoms with van der Waals surface area (Å²) in [5.41, 5.74) is 1.39. The van der Waals surface area contributed by atoms with Gasteiger partial charge in [0.05, 0.1) is 22.6 Å². The second kappa shape index (κ2) is 7.58. The SMILES string of the molecule is Cc1c(C(=O)NCC(c2ccc(F)cc2)N(C)C)sc2ncn(C)c(=O)c12. The summed E-state index contributed by atoms with van der Waals surface area (Å²) < 4.78 is 14.6. The van der Waals surface area contributed by atoms with E-state index in [-0.39, 0.29) is 23.3 Å². The van der Waals surface area contributed by atoms with Crippen molar-refractivity contribution in [3.8, 4) is 0 Å². The van der Waals surface area contributed by atoms with Gasteiger partial charge in [-0.15, -0.1) is 11.3 Å². The molecule has 3 rings (SSSR count). The predicted molar refractivity (Wildman–Crippen MR) is 105 cm³/mol. The number of aryl methyl sites for hydroxylation is 2. The van der Waals surface area contributed by atoms with E-state index in [4.69, 9.17) is 0 Å². The van der Waals surface area contributed by atoms with Gasteiger partial charge in [-0.1, -0.05) is 12.1 Å². The minimum atomic E-state index is -0.296. The Balaban J connectivity index is 1.83. The number of fused-ring (bicyclic) bond motifs is 1. The van der Waals surface area contributed by atoms with Crippen molar-refractivity contribution in [1.82, 2.24) is 19.8 Å². The van der Waals surface area contributed by atoms with Crippen LogP contribution in [0.2, 0.25) is 0 Å². The van der Waals surface area contributed by atoms with E-state index >= 15 is 0 Å². The average molecular weight is 388 g/mol. The summed E-state index contributed by atoms with van der Waals surface area (Å²) >= 11 is 1.21. The molecule has 142 valence electrons. The van der Waals surface area contributed by atoms with E-state index < -0.39 is 0 Å². The number of carbonyl (C=O) groups excluding carboxylic acids is 1. The van der Waals surface area contributed by atoms with Crippen molar-refractivity contribution in [2.75, 3.05) is 20.6 Å². The maximum Gasteiger partial charge on any atom is 0.262 e. The van der Waals surface area contributed by atoms with Crippen molar-refractivity contribution in [2.45, 2.75) is 13.0 Å². The van der Waals surface area contributed by atoms with Gasteiger partial charge < -0.3 is 14.8 Å². The zero-order chi connectivity index (χ0) is 19.7. The molecule has 1 unspecified atom stereocenters. The number of benzene rings is 1. The Kier molecular flexibility index (Phi) is 5.38. The van der Waals surface area contributed by atoms with Crippen LogP contribution in [0.25, 0.3) is 10.2 Å². The summed E-state index contributed by atoms with van der Waals surface area (Å²) in [6.45, 7) is 2.12. The molecule has 0 saturated carbocycles. The third-order valence-corrected chi connectivity index (χ3v) is 5.75. The fourth-order valence-corrected chi connectivity index (χ4v) is 4.03. The molecular formula is C19H21FN4O2S. The molecule has 1 aromatic carbocycles. The van der Waals surface area contributed by atoms with Crippen LogP contribution in [-0.2, 0) is 7.05 Å². The van der Waals surface area contributed by atoms with Gasteiger partial charge in [-0.25, -0.2) is 9.37 Å². The number of likely N-dealkylation sites (N-methyl/N-ethyl adjacent to an activating group) is 1. The highest BCUT2D eigenvalue weighted by Gasteiger charge is 2.21. The molecule has 2 heterocycles.